The third-order valence-electron chi connectivity index (χ3n) is 2.51. The SMILES string of the molecule is CC(=O)[C@@H]1[C@@H](C(=O)Cl)C1(C)C. The van der Waals surface area contributed by atoms with Crippen molar-refractivity contribution < 1.29 is 9.59 Å². The average Bonchev–Trinajstić information content (AvgIpc) is 2.33. The Morgan fingerprint density at radius 2 is 1.73 bits per heavy atom. The van der Waals surface area contributed by atoms with Crippen molar-refractivity contribution in [1.82, 2.24) is 0 Å². The summed E-state index contributed by atoms with van der Waals surface area (Å²) in [6.45, 7) is 5.29. The number of hydrogen-bond donors (Lipinski definition) is 0. The Morgan fingerprint density at radius 3 is 1.82 bits per heavy atom. The van der Waals surface area contributed by atoms with Gasteiger partial charge in [-0.3, -0.25) is 9.59 Å². The smallest absolute Gasteiger partial charge is 0.226 e. The fourth-order valence-corrected chi connectivity index (χ4v) is 2.23. The average molecular weight is 175 g/mol. The molecule has 0 heterocycles. The normalized spacial score (nSPS) is 33.1. The van der Waals surface area contributed by atoms with Crippen LogP contribution in [0.15, 0.2) is 0 Å². The van der Waals surface area contributed by atoms with Gasteiger partial charge in [0.15, 0.2) is 0 Å². The number of carbonyl (C=O) groups excluding carboxylic acids is 2. The first-order valence-electron chi connectivity index (χ1n) is 3.59. The molecule has 0 aromatic heterocycles. The summed E-state index contributed by atoms with van der Waals surface area (Å²) in [4.78, 5) is 21.7. The molecule has 1 aliphatic rings. The van der Waals surface area contributed by atoms with Crippen LogP contribution in [0.2, 0.25) is 0 Å². The van der Waals surface area contributed by atoms with Crippen LogP contribution in [0.4, 0.5) is 0 Å². The largest absolute Gasteiger partial charge is 0.300 e. The van der Waals surface area contributed by atoms with Crippen molar-refractivity contribution in [2.24, 2.45) is 17.3 Å². The van der Waals surface area contributed by atoms with E-state index in [1.165, 1.54) is 6.92 Å². The molecular formula is C8H11ClO2. The maximum Gasteiger partial charge on any atom is 0.226 e. The van der Waals surface area contributed by atoms with Gasteiger partial charge in [-0.25, -0.2) is 0 Å². The highest BCUT2D eigenvalue weighted by atomic mass is 35.5. The van der Waals surface area contributed by atoms with Crippen LogP contribution in [0.1, 0.15) is 20.8 Å². The van der Waals surface area contributed by atoms with Crippen molar-refractivity contribution in [1.29, 1.82) is 0 Å². The molecule has 0 radical (unpaired) electrons. The summed E-state index contributed by atoms with van der Waals surface area (Å²) < 4.78 is 0. The van der Waals surface area contributed by atoms with Crippen molar-refractivity contribution >= 4 is 22.6 Å². The van der Waals surface area contributed by atoms with Gasteiger partial charge in [-0.05, 0) is 23.9 Å². The van der Waals surface area contributed by atoms with Crippen LogP contribution in [-0.4, -0.2) is 11.0 Å². The lowest BCUT2D eigenvalue weighted by molar-refractivity contribution is -0.120. The lowest BCUT2D eigenvalue weighted by Crippen LogP contribution is -1.99. The molecule has 62 valence electrons. The zero-order valence-electron chi connectivity index (χ0n) is 6.85. The van der Waals surface area contributed by atoms with Crippen LogP contribution in [-0.2, 0) is 9.59 Å². The molecule has 1 rings (SSSR count). The van der Waals surface area contributed by atoms with E-state index >= 15 is 0 Å². The monoisotopic (exact) mass is 174 g/mol. The van der Waals surface area contributed by atoms with E-state index in [0.29, 0.717) is 0 Å². The summed E-state index contributed by atoms with van der Waals surface area (Å²) >= 11 is 5.31. The van der Waals surface area contributed by atoms with Crippen molar-refractivity contribution in [3.8, 4) is 0 Å². The predicted molar refractivity (Wildman–Crippen MR) is 42.3 cm³/mol. The maximum atomic E-state index is 10.9. The molecule has 0 aromatic carbocycles. The number of carbonyl (C=O) groups is 2. The predicted octanol–water partition coefficient (Wildman–Crippen LogP) is 1.61. The van der Waals surface area contributed by atoms with Gasteiger partial charge >= 0.3 is 0 Å². The molecule has 0 aromatic rings. The summed E-state index contributed by atoms with van der Waals surface area (Å²) in [5, 5.41) is -0.379. The lowest BCUT2D eigenvalue weighted by atomic mass is 10.1. The Bertz CT molecular complexity index is 198. The van der Waals surface area contributed by atoms with Crippen LogP contribution in [0.25, 0.3) is 0 Å². The van der Waals surface area contributed by atoms with Crippen LogP contribution in [0.3, 0.4) is 0 Å². The van der Waals surface area contributed by atoms with Gasteiger partial charge in [0.1, 0.15) is 5.78 Å². The second kappa shape index (κ2) is 2.31. The minimum Gasteiger partial charge on any atom is -0.300 e. The molecule has 3 heteroatoms. The molecule has 2 nitrogen and oxygen atoms in total. The molecule has 0 N–H and O–H groups in total. The van der Waals surface area contributed by atoms with Crippen molar-refractivity contribution in [3.63, 3.8) is 0 Å². The van der Waals surface area contributed by atoms with Gasteiger partial charge in [-0.2, -0.15) is 0 Å². The van der Waals surface area contributed by atoms with E-state index in [0.717, 1.165) is 0 Å². The Labute approximate surface area is 70.9 Å². The van der Waals surface area contributed by atoms with Gasteiger partial charge in [0.2, 0.25) is 5.24 Å². The Kier molecular flexibility index (Phi) is 1.83. The second-order valence-electron chi connectivity index (χ2n) is 3.69. The zero-order chi connectivity index (χ0) is 8.81. The highest BCUT2D eigenvalue weighted by Crippen LogP contribution is 2.59. The molecule has 0 bridgehead atoms. The number of rotatable bonds is 2. The quantitative estimate of drug-likeness (QED) is 0.597. The molecular weight excluding hydrogens is 164 g/mol. The Balaban J connectivity index is 2.76. The first-order chi connectivity index (χ1) is 4.89. The molecule has 1 saturated carbocycles. The van der Waals surface area contributed by atoms with E-state index in [4.69, 9.17) is 11.6 Å². The number of ketones is 1. The van der Waals surface area contributed by atoms with Gasteiger partial charge in [0.05, 0.1) is 0 Å². The van der Waals surface area contributed by atoms with Gasteiger partial charge in [-0.1, -0.05) is 13.8 Å². The highest BCUT2D eigenvalue weighted by molar-refractivity contribution is 6.64. The van der Waals surface area contributed by atoms with E-state index in [1.807, 2.05) is 13.8 Å². The van der Waals surface area contributed by atoms with E-state index in [2.05, 4.69) is 0 Å². The van der Waals surface area contributed by atoms with Gasteiger partial charge in [-0.15, -0.1) is 0 Å². The number of hydrogen-bond acceptors (Lipinski definition) is 2. The molecule has 2 atom stereocenters. The summed E-state index contributed by atoms with van der Waals surface area (Å²) in [6, 6.07) is 0. The van der Waals surface area contributed by atoms with Crippen molar-refractivity contribution in [3.05, 3.63) is 0 Å². The number of Topliss-reactive ketones (excluding diaryl/α,β-unsaturated/α-hetero) is 1. The van der Waals surface area contributed by atoms with E-state index < -0.39 is 0 Å². The first kappa shape index (κ1) is 8.72. The topological polar surface area (TPSA) is 34.1 Å². The third-order valence-corrected chi connectivity index (χ3v) is 2.74. The molecule has 0 saturated heterocycles. The molecule has 11 heavy (non-hydrogen) atoms. The minimum atomic E-state index is -0.379. The van der Waals surface area contributed by atoms with E-state index in [-0.39, 0.29) is 28.3 Å². The minimum absolute atomic E-state index is 0.0639. The summed E-state index contributed by atoms with van der Waals surface area (Å²) in [6.07, 6.45) is 0. The van der Waals surface area contributed by atoms with Crippen LogP contribution >= 0.6 is 11.6 Å². The Morgan fingerprint density at radius 1 is 1.27 bits per heavy atom. The fourth-order valence-electron chi connectivity index (χ4n) is 1.82. The summed E-state index contributed by atoms with van der Waals surface area (Å²) in [5.41, 5.74) is -0.204. The molecule has 0 aliphatic heterocycles. The van der Waals surface area contributed by atoms with E-state index in [1.54, 1.807) is 0 Å². The second-order valence-corrected chi connectivity index (χ2v) is 4.06. The van der Waals surface area contributed by atoms with Gasteiger partial charge in [0.25, 0.3) is 0 Å². The Hall–Kier alpha value is -0.370. The maximum absolute atomic E-state index is 10.9. The first-order valence-corrected chi connectivity index (χ1v) is 3.96. The molecule has 0 unspecified atom stereocenters. The van der Waals surface area contributed by atoms with Crippen LogP contribution < -0.4 is 0 Å². The van der Waals surface area contributed by atoms with Crippen LogP contribution in [0, 0.1) is 17.3 Å². The molecule has 0 spiro atoms. The fraction of sp³-hybridized carbons (Fsp3) is 0.750. The zero-order valence-corrected chi connectivity index (χ0v) is 7.61. The van der Waals surface area contributed by atoms with Crippen molar-refractivity contribution in [2.75, 3.05) is 0 Å². The van der Waals surface area contributed by atoms with Crippen LogP contribution in [0.5, 0.6) is 0 Å². The summed E-state index contributed by atoms with van der Waals surface area (Å²) in [5.74, 6) is -0.330. The van der Waals surface area contributed by atoms with Gasteiger partial charge in [0, 0.05) is 11.8 Å². The van der Waals surface area contributed by atoms with E-state index in [9.17, 15) is 9.59 Å². The highest BCUT2D eigenvalue weighted by Gasteiger charge is 2.63. The summed E-state index contributed by atoms with van der Waals surface area (Å²) in [7, 11) is 0. The molecule has 1 aliphatic carbocycles. The standard InChI is InChI=1S/C8H11ClO2/c1-4(10)5-6(7(9)11)8(5,2)3/h5-6H,1-3H3/t5-,6+/m1/s1. The number of halogens is 1. The third kappa shape index (κ3) is 1.20. The van der Waals surface area contributed by atoms with Gasteiger partial charge < -0.3 is 0 Å². The molecule has 0 amide bonds. The molecule has 1 fully saturated rings. The van der Waals surface area contributed by atoms with Crippen molar-refractivity contribution in [2.45, 2.75) is 20.8 Å². The lowest BCUT2D eigenvalue weighted by Gasteiger charge is -1.96.